The first-order valence-corrected chi connectivity index (χ1v) is 11.6. The molecular formula is C25H38N2O. The number of allylic oxidation sites excluding steroid dienone is 5. The summed E-state index contributed by atoms with van der Waals surface area (Å²) in [5.41, 5.74) is 4.10. The molecule has 1 saturated carbocycles. The van der Waals surface area contributed by atoms with Crippen LogP contribution in [0.2, 0.25) is 0 Å². The first kappa shape index (κ1) is 19.9. The summed E-state index contributed by atoms with van der Waals surface area (Å²) < 4.78 is 0. The van der Waals surface area contributed by atoms with E-state index in [-0.39, 0.29) is 11.9 Å². The lowest BCUT2D eigenvalue weighted by Gasteiger charge is -2.41. The predicted molar refractivity (Wildman–Crippen MR) is 116 cm³/mol. The Hall–Kier alpha value is -1.35. The number of nitrogens with zero attached hydrogens (tertiary/aromatic N) is 1. The fourth-order valence-electron chi connectivity index (χ4n) is 6.03. The summed E-state index contributed by atoms with van der Waals surface area (Å²) in [5, 5.41) is 3.25. The molecule has 1 unspecified atom stereocenters. The predicted octanol–water partition coefficient (Wildman–Crippen LogP) is 5.15. The van der Waals surface area contributed by atoms with Gasteiger partial charge in [0.15, 0.2) is 0 Å². The molecule has 3 aliphatic carbocycles. The molecule has 0 aromatic carbocycles. The van der Waals surface area contributed by atoms with Crippen molar-refractivity contribution in [2.24, 2.45) is 10.8 Å². The lowest BCUT2D eigenvalue weighted by atomic mass is 9.72. The van der Waals surface area contributed by atoms with E-state index in [9.17, 15) is 4.79 Å². The Bertz CT molecular complexity index is 675. The van der Waals surface area contributed by atoms with E-state index in [2.05, 4.69) is 41.4 Å². The van der Waals surface area contributed by atoms with Crippen LogP contribution < -0.4 is 5.32 Å². The van der Waals surface area contributed by atoms with Gasteiger partial charge in [0, 0.05) is 12.3 Å². The SMILES string of the molecule is C/C=C\CC1(CCCN2CCC3(CC2)CC(NC(C)=O)C2=C3C=CCC2)CC1. The highest BCUT2D eigenvalue weighted by molar-refractivity contribution is 5.74. The maximum Gasteiger partial charge on any atom is 0.217 e. The molecule has 1 amide bonds. The van der Waals surface area contributed by atoms with Crippen LogP contribution in [0.5, 0.6) is 0 Å². The number of piperidine rings is 1. The minimum absolute atomic E-state index is 0.118. The van der Waals surface area contributed by atoms with E-state index in [4.69, 9.17) is 0 Å². The largest absolute Gasteiger partial charge is 0.350 e. The van der Waals surface area contributed by atoms with E-state index in [1.807, 2.05) is 0 Å². The maximum absolute atomic E-state index is 11.7. The van der Waals surface area contributed by atoms with Gasteiger partial charge >= 0.3 is 0 Å². The second-order valence-electron chi connectivity index (χ2n) is 9.84. The smallest absolute Gasteiger partial charge is 0.217 e. The van der Waals surface area contributed by atoms with Crippen LogP contribution in [-0.4, -0.2) is 36.5 Å². The zero-order valence-electron chi connectivity index (χ0n) is 17.9. The average Bonchev–Trinajstić information content (AvgIpc) is 3.41. The number of carbonyl (C=O) groups excluding carboxylic acids is 1. The quantitative estimate of drug-likeness (QED) is 0.618. The maximum atomic E-state index is 11.7. The zero-order chi connectivity index (χ0) is 19.6. The van der Waals surface area contributed by atoms with Gasteiger partial charge in [0.1, 0.15) is 0 Å². The van der Waals surface area contributed by atoms with Crippen molar-refractivity contribution >= 4 is 5.91 Å². The Kier molecular flexibility index (Phi) is 5.83. The Morgan fingerprint density at radius 2 is 2.07 bits per heavy atom. The lowest BCUT2D eigenvalue weighted by molar-refractivity contribution is -0.119. The van der Waals surface area contributed by atoms with E-state index in [1.54, 1.807) is 12.5 Å². The van der Waals surface area contributed by atoms with Gasteiger partial charge in [-0.25, -0.2) is 0 Å². The van der Waals surface area contributed by atoms with Crippen LogP contribution in [0.1, 0.15) is 78.1 Å². The van der Waals surface area contributed by atoms with E-state index in [0.717, 1.165) is 19.3 Å². The fraction of sp³-hybridized carbons (Fsp3) is 0.720. The van der Waals surface area contributed by atoms with Gasteiger partial charge < -0.3 is 10.2 Å². The van der Waals surface area contributed by atoms with Crippen molar-refractivity contribution in [3.63, 3.8) is 0 Å². The first-order valence-electron chi connectivity index (χ1n) is 11.6. The average molecular weight is 383 g/mol. The monoisotopic (exact) mass is 382 g/mol. The number of carbonyl (C=O) groups is 1. The van der Waals surface area contributed by atoms with Gasteiger partial charge in [0.2, 0.25) is 5.91 Å². The van der Waals surface area contributed by atoms with Gasteiger partial charge in [0.25, 0.3) is 0 Å². The number of rotatable bonds is 7. The normalized spacial score (nSPS) is 28.1. The Balaban J connectivity index is 1.30. The van der Waals surface area contributed by atoms with Crippen molar-refractivity contribution in [3.8, 4) is 0 Å². The van der Waals surface area contributed by atoms with Crippen molar-refractivity contribution in [2.75, 3.05) is 19.6 Å². The molecule has 0 radical (unpaired) electrons. The van der Waals surface area contributed by atoms with E-state index in [1.165, 1.54) is 70.2 Å². The van der Waals surface area contributed by atoms with Crippen molar-refractivity contribution in [2.45, 2.75) is 84.1 Å². The molecule has 1 spiro atoms. The number of hydrogen-bond donors (Lipinski definition) is 1. The van der Waals surface area contributed by atoms with Crippen LogP contribution >= 0.6 is 0 Å². The van der Waals surface area contributed by atoms with E-state index in [0.29, 0.717) is 10.8 Å². The standard InChI is InChI=1S/C25H38N2O/c1-3-4-10-24(12-13-24)11-7-16-27-17-14-25(15-18-27)19-23(26-20(2)28)21-8-5-6-9-22(21)25/h3-4,6,9,23H,5,7-8,10-19H2,1-2H3,(H,26,28)/b4-3-. The summed E-state index contributed by atoms with van der Waals surface area (Å²) in [4.78, 5) is 14.4. The summed E-state index contributed by atoms with van der Waals surface area (Å²) >= 11 is 0. The van der Waals surface area contributed by atoms with Crippen LogP contribution in [-0.2, 0) is 4.79 Å². The first-order chi connectivity index (χ1) is 13.6. The van der Waals surface area contributed by atoms with Crippen LogP contribution in [0.3, 0.4) is 0 Å². The molecule has 1 N–H and O–H groups in total. The molecule has 3 nitrogen and oxygen atoms in total. The Labute approximate surface area is 171 Å². The topological polar surface area (TPSA) is 32.3 Å². The van der Waals surface area contributed by atoms with E-state index < -0.39 is 0 Å². The molecule has 0 aromatic rings. The molecule has 1 saturated heterocycles. The number of amides is 1. The van der Waals surface area contributed by atoms with Crippen molar-refractivity contribution in [1.82, 2.24) is 10.2 Å². The second-order valence-corrected chi connectivity index (χ2v) is 9.84. The molecule has 0 bridgehead atoms. The minimum atomic E-state index is 0.118. The van der Waals surface area contributed by atoms with Gasteiger partial charge in [-0.05, 0) is 107 Å². The zero-order valence-corrected chi connectivity index (χ0v) is 17.9. The minimum Gasteiger partial charge on any atom is -0.350 e. The number of fused-ring (bicyclic) bond motifs is 1. The number of nitrogens with one attached hydrogen (secondary N) is 1. The third-order valence-electron chi connectivity index (χ3n) is 7.91. The summed E-state index contributed by atoms with van der Waals surface area (Å²) in [6, 6.07) is 0.283. The molecule has 154 valence electrons. The molecule has 1 aliphatic heterocycles. The van der Waals surface area contributed by atoms with Gasteiger partial charge in [-0.3, -0.25) is 4.79 Å². The molecule has 4 aliphatic rings. The molecule has 2 fully saturated rings. The number of hydrogen-bond acceptors (Lipinski definition) is 2. The highest BCUT2D eigenvalue weighted by Crippen LogP contribution is 2.54. The third-order valence-corrected chi connectivity index (χ3v) is 7.91. The van der Waals surface area contributed by atoms with Gasteiger partial charge in [-0.2, -0.15) is 0 Å². The highest BCUT2D eigenvalue weighted by Gasteiger charge is 2.47. The second kappa shape index (κ2) is 8.18. The van der Waals surface area contributed by atoms with Crippen LogP contribution in [0.4, 0.5) is 0 Å². The molecule has 28 heavy (non-hydrogen) atoms. The molecule has 3 heteroatoms. The molecular weight excluding hydrogens is 344 g/mol. The summed E-state index contributed by atoms with van der Waals surface area (Å²) in [7, 11) is 0. The Morgan fingerprint density at radius 1 is 1.29 bits per heavy atom. The van der Waals surface area contributed by atoms with Gasteiger partial charge in [-0.1, -0.05) is 24.3 Å². The molecule has 0 aromatic heterocycles. The molecule has 1 atom stereocenters. The van der Waals surface area contributed by atoms with Crippen molar-refractivity contribution in [1.29, 1.82) is 0 Å². The number of likely N-dealkylation sites (tertiary alicyclic amines) is 1. The molecule has 1 heterocycles. The van der Waals surface area contributed by atoms with Crippen LogP contribution in [0.15, 0.2) is 35.5 Å². The Morgan fingerprint density at radius 3 is 2.75 bits per heavy atom. The van der Waals surface area contributed by atoms with E-state index >= 15 is 0 Å². The van der Waals surface area contributed by atoms with Crippen molar-refractivity contribution in [3.05, 3.63) is 35.5 Å². The van der Waals surface area contributed by atoms with Crippen LogP contribution in [0, 0.1) is 10.8 Å². The van der Waals surface area contributed by atoms with Crippen molar-refractivity contribution < 1.29 is 4.79 Å². The fourth-order valence-corrected chi connectivity index (χ4v) is 6.03. The highest BCUT2D eigenvalue weighted by atomic mass is 16.1. The summed E-state index contributed by atoms with van der Waals surface area (Å²) in [5.74, 6) is 0.118. The van der Waals surface area contributed by atoms with Crippen LogP contribution in [0.25, 0.3) is 0 Å². The lowest BCUT2D eigenvalue weighted by Crippen LogP contribution is -2.42. The summed E-state index contributed by atoms with van der Waals surface area (Å²) in [6.07, 6.45) is 22.2. The van der Waals surface area contributed by atoms with Gasteiger partial charge in [-0.15, -0.1) is 0 Å². The van der Waals surface area contributed by atoms with Gasteiger partial charge in [0.05, 0.1) is 6.04 Å². The summed E-state index contributed by atoms with van der Waals surface area (Å²) in [6.45, 7) is 7.51. The molecule has 4 rings (SSSR count). The third kappa shape index (κ3) is 4.15.